The standard InChI is InChI=1S/C30H44N2O2/c1-5-21(4)29(31-26-11-7-20(3)8-12-26)18-24-10-9-22(15-23(24)6-2)19-32-27-13-14-28(32)17-25(16-27)30(33)34/h6,9-10,15,18,20-21,25-28H,5,7-8,11-14,16-17,19H2,1-4H3,(H,33,34)/b23-6?,24-18-,31-29?. The van der Waals surface area contributed by atoms with E-state index in [-0.39, 0.29) is 5.92 Å². The van der Waals surface area contributed by atoms with Crippen molar-refractivity contribution in [2.24, 2.45) is 22.7 Å². The summed E-state index contributed by atoms with van der Waals surface area (Å²) >= 11 is 0. The Morgan fingerprint density at radius 2 is 1.79 bits per heavy atom. The van der Waals surface area contributed by atoms with Crippen molar-refractivity contribution < 1.29 is 9.90 Å². The van der Waals surface area contributed by atoms with Gasteiger partial charge in [0, 0.05) is 24.3 Å². The molecule has 4 heteroatoms. The first kappa shape index (κ1) is 25.2. The minimum absolute atomic E-state index is 0.157. The molecule has 1 aromatic rings. The van der Waals surface area contributed by atoms with Gasteiger partial charge in [0.2, 0.25) is 0 Å². The number of nitrogens with zero attached hydrogens (tertiary/aromatic N) is 2. The predicted molar refractivity (Wildman–Crippen MR) is 141 cm³/mol. The molecule has 2 aliphatic heterocycles. The van der Waals surface area contributed by atoms with Gasteiger partial charge in [-0.3, -0.25) is 14.7 Å². The molecule has 2 bridgehead atoms. The molecule has 3 unspecified atom stereocenters. The Kier molecular flexibility index (Phi) is 8.29. The van der Waals surface area contributed by atoms with Gasteiger partial charge in [0.05, 0.1) is 12.0 Å². The highest BCUT2D eigenvalue weighted by molar-refractivity contribution is 6.11. The summed E-state index contributed by atoms with van der Waals surface area (Å²) in [6.07, 6.45) is 14.6. The molecule has 0 amide bonds. The highest BCUT2D eigenvalue weighted by atomic mass is 16.4. The topological polar surface area (TPSA) is 52.9 Å². The van der Waals surface area contributed by atoms with Crippen molar-refractivity contribution in [3.05, 3.63) is 34.2 Å². The lowest BCUT2D eigenvalue weighted by atomic mass is 9.87. The summed E-state index contributed by atoms with van der Waals surface area (Å²) in [7, 11) is 0. The molecular formula is C30H44N2O2. The minimum atomic E-state index is -0.610. The third-order valence-electron chi connectivity index (χ3n) is 8.80. The van der Waals surface area contributed by atoms with Gasteiger partial charge in [-0.25, -0.2) is 0 Å². The van der Waals surface area contributed by atoms with Crippen molar-refractivity contribution in [3.8, 4) is 0 Å². The molecule has 0 spiro atoms. The van der Waals surface area contributed by atoms with E-state index in [0.29, 0.717) is 24.0 Å². The molecule has 4 rings (SSSR count). The smallest absolute Gasteiger partial charge is 0.306 e. The highest BCUT2D eigenvalue weighted by Crippen LogP contribution is 2.39. The molecule has 4 nitrogen and oxygen atoms in total. The number of piperidine rings is 1. The van der Waals surface area contributed by atoms with Crippen molar-refractivity contribution in [2.45, 2.75) is 110 Å². The lowest BCUT2D eigenvalue weighted by molar-refractivity contribution is -0.144. The molecule has 3 atom stereocenters. The molecule has 1 N–H and O–H groups in total. The van der Waals surface area contributed by atoms with E-state index in [0.717, 1.165) is 44.6 Å². The second-order valence-corrected chi connectivity index (χ2v) is 11.2. The molecule has 2 saturated heterocycles. The van der Waals surface area contributed by atoms with Crippen molar-refractivity contribution >= 4 is 23.8 Å². The Balaban J connectivity index is 1.55. The number of hydrogen-bond acceptors (Lipinski definition) is 3. The molecule has 0 radical (unpaired) electrons. The Labute approximate surface area is 205 Å². The quantitative estimate of drug-likeness (QED) is 0.567. The van der Waals surface area contributed by atoms with Gasteiger partial charge in [-0.05, 0) is 98.6 Å². The first-order valence-corrected chi connectivity index (χ1v) is 13.7. The first-order valence-electron chi connectivity index (χ1n) is 13.7. The maximum atomic E-state index is 11.5. The summed E-state index contributed by atoms with van der Waals surface area (Å²) in [5.74, 6) is 0.549. The van der Waals surface area contributed by atoms with E-state index in [1.807, 2.05) is 0 Å². The Morgan fingerprint density at radius 3 is 2.38 bits per heavy atom. The molecule has 3 aliphatic rings. The Morgan fingerprint density at radius 1 is 1.12 bits per heavy atom. The molecule has 1 saturated carbocycles. The van der Waals surface area contributed by atoms with Crippen LogP contribution in [0.2, 0.25) is 0 Å². The monoisotopic (exact) mass is 464 g/mol. The number of aliphatic carboxylic acids is 1. The average molecular weight is 465 g/mol. The van der Waals surface area contributed by atoms with E-state index >= 15 is 0 Å². The molecule has 3 fully saturated rings. The van der Waals surface area contributed by atoms with Crippen molar-refractivity contribution in [1.29, 1.82) is 0 Å². The predicted octanol–water partition coefficient (Wildman–Crippen LogP) is 5.16. The number of aliphatic imine (C=N–C) groups is 1. The lowest BCUT2D eigenvalue weighted by Crippen LogP contribution is -2.44. The molecular weight excluding hydrogens is 420 g/mol. The number of hydrogen-bond donors (Lipinski definition) is 1. The summed E-state index contributed by atoms with van der Waals surface area (Å²) in [5, 5.41) is 12.0. The minimum Gasteiger partial charge on any atom is -0.481 e. The van der Waals surface area contributed by atoms with Crippen LogP contribution in [-0.4, -0.2) is 39.8 Å². The molecule has 0 aromatic heterocycles. The van der Waals surface area contributed by atoms with Crippen LogP contribution in [-0.2, 0) is 11.3 Å². The van der Waals surface area contributed by atoms with Gasteiger partial charge in [0.15, 0.2) is 0 Å². The fraction of sp³-hybridized carbons (Fsp3) is 0.667. The summed E-state index contributed by atoms with van der Waals surface area (Å²) in [6, 6.07) is 8.21. The maximum Gasteiger partial charge on any atom is 0.306 e. The van der Waals surface area contributed by atoms with E-state index < -0.39 is 5.97 Å². The van der Waals surface area contributed by atoms with Gasteiger partial charge in [-0.2, -0.15) is 0 Å². The fourth-order valence-electron chi connectivity index (χ4n) is 6.31. The van der Waals surface area contributed by atoms with Gasteiger partial charge in [0.25, 0.3) is 0 Å². The normalized spacial score (nSPS) is 32.2. The zero-order valence-electron chi connectivity index (χ0n) is 21.7. The zero-order valence-corrected chi connectivity index (χ0v) is 21.7. The number of benzene rings is 1. The SMILES string of the molecule is CC=c1cc(CN2C3CCC2CC(C(=O)O)C3)cc/c1=C/C(=NC1CCC(C)CC1)C(C)CC. The van der Waals surface area contributed by atoms with Crippen molar-refractivity contribution in [3.63, 3.8) is 0 Å². The van der Waals surface area contributed by atoms with Crippen LogP contribution in [0.3, 0.4) is 0 Å². The van der Waals surface area contributed by atoms with Gasteiger partial charge >= 0.3 is 5.97 Å². The van der Waals surface area contributed by atoms with Crippen molar-refractivity contribution in [1.82, 2.24) is 4.90 Å². The second kappa shape index (κ2) is 11.2. The summed E-state index contributed by atoms with van der Waals surface area (Å²) in [6.45, 7) is 9.98. The van der Waals surface area contributed by atoms with Crippen molar-refractivity contribution in [2.75, 3.05) is 0 Å². The molecule has 34 heavy (non-hydrogen) atoms. The Bertz CT molecular complexity index is 991. The molecule has 2 heterocycles. The van der Waals surface area contributed by atoms with E-state index in [9.17, 15) is 9.90 Å². The van der Waals surface area contributed by atoms with Gasteiger partial charge in [-0.15, -0.1) is 0 Å². The van der Waals surface area contributed by atoms with Gasteiger partial charge < -0.3 is 5.11 Å². The summed E-state index contributed by atoms with van der Waals surface area (Å²) in [5.41, 5.74) is 2.59. The van der Waals surface area contributed by atoms with E-state index in [1.165, 1.54) is 47.4 Å². The Hall–Kier alpha value is -1.94. The molecule has 186 valence electrons. The average Bonchev–Trinajstić information content (AvgIpc) is 3.05. The van der Waals surface area contributed by atoms with Crippen LogP contribution in [0, 0.1) is 17.8 Å². The van der Waals surface area contributed by atoms with Crippen LogP contribution in [0.15, 0.2) is 23.2 Å². The summed E-state index contributed by atoms with van der Waals surface area (Å²) < 4.78 is 0. The van der Waals surface area contributed by atoms with E-state index in [4.69, 9.17) is 4.99 Å². The van der Waals surface area contributed by atoms with Crippen LogP contribution >= 0.6 is 0 Å². The van der Waals surface area contributed by atoms with Crippen LogP contribution < -0.4 is 10.4 Å². The molecule has 1 aromatic carbocycles. The summed E-state index contributed by atoms with van der Waals surface area (Å²) in [4.78, 5) is 19.4. The maximum absolute atomic E-state index is 11.5. The third kappa shape index (κ3) is 5.82. The third-order valence-corrected chi connectivity index (χ3v) is 8.80. The van der Waals surface area contributed by atoms with Gasteiger partial charge in [0.1, 0.15) is 0 Å². The van der Waals surface area contributed by atoms with E-state index in [2.05, 4.69) is 62.9 Å². The number of fused-ring (bicyclic) bond motifs is 2. The number of carbonyl (C=O) groups is 1. The zero-order chi connectivity index (χ0) is 24.2. The lowest BCUT2D eigenvalue weighted by Gasteiger charge is -2.37. The van der Waals surface area contributed by atoms with Gasteiger partial charge in [-0.1, -0.05) is 45.0 Å². The largest absolute Gasteiger partial charge is 0.481 e. The van der Waals surface area contributed by atoms with Crippen LogP contribution in [0.4, 0.5) is 0 Å². The number of carboxylic acid groups (broad SMARTS) is 1. The molecule has 1 aliphatic carbocycles. The van der Waals surface area contributed by atoms with E-state index in [1.54, 1.807) is 0 Å². The van der Waals surface area contributed by atoms with Crippen LogP contribution in [0.5, 0.6) is 0 Å². The number of carboxylic acids is 1. The van der Waals surface area contributed by atoms with Crippen LogP contribution in [0.1, 0.15) is 91.0 Å². The fourth-order valence-corrected chi connectivity index (χ4v) is 6.31. The second-order valence-electron chi connectivity index (χ2n) is 11.2. The van der Waals surface area contributed by atoms with Crippen LogP contribution in [0.25, 0.3) is 12.2 Å². The highest BCUT2D eigenvalue weighted by Gasteiger charge is 2.42. The first-order chi connectivity index (χ1) is 16.4. The number of rotatable bonds is 7.